The van der Waals surface area contributed by atoms with Crippen molar-refractivity contribution in [1.29, 1.82) is 0 Å². The molecule has 1 atom stereocenters. The molecule has 1 saturated heterocycles. The summed E-state index contributed by atoms with van der Waals surface area (Å²) in [4.78, 5) is 51.3. The first-order valence-electron chi connectivity index (χ1n) is 8.89. The fourth-order valence-corrected chi connectivity index (χ4v) is 5.08. The summed E-state index contributed by atoms with van der Waals surface area (Å²) in [5, 5.41) is 0. The molecular weight excluding hydrogens is 400 g/mol. The molecule has 9 nitrogen and oxygen atoms in total. The van der Waals surface area contributed by atoms with E-state index in [1.54, 1.807) is 0 Å². The highest BCUT2D eigenvalue weighted by Crippen LogP contribution is 2.24. The maximum absolute atomic E-state index is 12.3. The van der Waals surface area contributed by atoms with Gasteiger partial charge < -0.3 is 9.64 Å². The van der Waals surface area contributed by atoms with Crippen LogP contribution in [0.2, 0.25) is 0 Å². The van der Waals surface area contributed by atoms with Crippen LogP contribution in [0, 0.1) is 0 Å². The van der Waals surface area contributed by atoms with Crippen LogP contribution in [0.25, 0.3) is 0 Å². The average Bonchev–Trinajstić information content (AvgIpc) is 3.17. The number of likely N-dealkylation sites (N-methyl/N-ethyl adjacent to an activating group) is 1. The lowest BCUT2D eigenvalue weighted by Gasteiger charge is -2.23. The van der Waals surface area contributed by atoms with Gasteiger partial charge >= 0.3 is 5.97 Å². The third kappa shape index (κ3) is 4.07. The summed E-state index contributed by atoms with van der Waals surface area (Å²) in [6.45, 7) is 3.01. The van der Waals surface area contributed by atoms with Crippen LogP contribution in [0.4, 0.5) is 0 Å². The zero-order valence-corrected chi connectivity index (χ0v) is 16.6. The number of esters is 1. The highest BCUT2D eigenvalue weighted by molar-refractivity contribution is 7.91. The Morgan fingerprint density at radius 2 is 1.97 bits per heavy atom. The van der Waals surface area contributed by atoms with Gasteiger partial charge in [0.05, 0.1) is 28.2 Å². The Morgan fingerprint density at radius 3 is 2.59 bits per heavy atom. The molecule has 0 bridgehead atoms. The van der Waals surface area contributed by atoms with Crippen LogP contribution < -0.4 is 0 Å². The van der Waals surface area contributed by atoms with Crippen molar-refractivity contribution < 1.29 is 32.3 Å². The first-order valence-corrected chi connectivity index (χ1v) is 10.7. The van der Waals surface area contributed by atoms with E-state index in [0.717, 1.165) is 4.90 Å². The molecule has 3 rings (SSSR count). The van der Waals surface area contributed by atoms with Gasteiger partial charge in [-0.05, 0) is 24.6 Å². The fourth-order valence-electron chi connectivity index (χ4n) is 3.31. The SMILES string of the molecule is C=CCN1C(=O)c2ccc(C(=O)OCC(=O)N(C)[C@@H]3CCS(=O)(=O)C3)cc2C1=O. The highest BCUT2D eigenvalue weighted by Gasteiger charge is 2.36. The number of hydrogen-bond donors (Lipinski definition) is 0. The van der Waals surface area contributed by atoms with Crippen molar-refractivity contribution in [3.8, 4) is 0 Å². The van der Waals surface area contributed by atoms with E-state index < -0.39 is 46.2 Å². The highest BCUT2D eigenvalue weighted by atomic mass is 32.2. The Labute approximate surface area is 167 Å². The number of hydrogen-bond acceptors (Lipinski definition) is 7. The van der Waals surface area contributed by atoms with E-state index in [9.17, 15) is 27.6 Å². The summed E-state index contributed by atoms with van der Waals surface area (Å²) in [6.07, 6.45) is 1.77. The summed E-state index contributed by atoms with van der Waals surface area (Å²) < 4.78 is 28.1. The molecule has 0 spiro atoms. The van der Waals surface area contributed by atoms with Crippen LogP contribution in [0.1, 0.15) is 37.5 Å². The Bertz CT molecular complexity index is 1020. The van der Waals surface area contributed by atoms with E-state index in [-0.39, 0.29) is 34.7 Å². The average molecular weight is 420 g/mol. The number of nitrogens with zero attached hydrogens (tertiary/aromatic N) is 2. The number of ether oxygens (including phenoxy) is 1. The number of rotatable bonds is 6. The van der Waals surface area contributed by atoms with Crippen LogP contribution in [-0.4, -0.2) is 79.7 Å². The van der Waals surface area contributed by atoms with Crippen molar-refractivity contribution in [3.63, 3.8) is 0 Å². The lowest BCUT2D eigenvalue weighted by atomic mass is 10.1. The second kappa shape index (κ2) is 7.78. The quantitative estimate of drug-likeness (QED) is 0.368. The normalized spacial score (nSPS) is 19.8. The van der Waals surface area contributed by atoms with Crippen molar-refractivity contribution in [1.82, 2.24) is 9.80 Å². The standard InChI is InChI=1S/C19H20N2O7S/c1-3-7-21-17(23)14-5-4-12(9-15(14)18(21)24)19(25)28-10-16(22)20(2)13-6-8-29(26,27)11-13/h3-5,9,13H,1,6-8,10-11H2,2H3/t13-/m1/s1. The van der Waals surface area contributed by atoms with Crippen molar-refractivity contribution >= 4 is 33.5 Å². The number of carbonyl (C=O) groups excluding carboxylic acids is 4. The molecule has 154 valence electrons. The number of amides is 3. The van der Waals surface area contributed by atoms with Gasteiger partial charge in [-0.1, -0.05) is 6.08 Å². The number of carbonyl (C=O) groups is 4. The van der Waals surface area contributed by atoms with Crippen molar-refractivity contribution in [3.05, 3.63) is 47.5 Å². The molecule has 1 aromatic carbocycles. The molecule has 29 heavy (non-hydrogen) atoms. The molecule has 2 aliphatic rings. The molecule has 1 fully saturated rings. The predicted octanol–water partition coefficient (Wildman–Crippen LogP) is 0.271. The Kier molecular flexibility index (Phi) is 5.56. The van der Waals surface area contributed by atoms with Gasteiger partial charge in [-0.2, -0.15) is 0 Å². The zero-order valence-electron chi connectivity index (χ0n) is 15.8. The molecule has 0 radical (unpaired) electrons. The number of benzene rings is 1. The molecule has 0 saturated carbocycles. The second-order valence-corrected chi connectivity index (χ2v) is 9.14. The van der Waals surface area contributed by atoms with E-state index in [1.165, 1.54) is 36.2 Å². The third-order valence-electron chi connectivity index (χ3n) is 4.99. The summed E-state index contributed by atoms with van der Waals surface area (Å²) in [7, 11) is -1.68. The molecule has 10 heteroatoms. The fraction of sp³-hybridized carbons (Fsp3) is 0.368. The smallest absolute Gasteiger partial charge is 0.338 e. The van der Waals surface area contributed by atoms with Gasteiger partial charge in [0.1, 0.15) is 0 Å². The monoisotopic (exact) mass is 420 g/mol. The molecule has 2 heterocycles. The maximum Gasteiger partial charge on any atom is 0.338 e. The van der Waals surface area contributed by atoms with Gasteiger partial charge in [-0.3, -0.25) is 19.3 Å². The third-order valence-corrected chi connectivity index (χ3v) is 6.74. The van der Waals surface area contributed by atoms with E-state index in [2.05, 4.69) is 6.58 Å². The van der Waals surface area contributed by atoms with Crippen molar-refractivity contribution in [2.75, 3.05) is 31.7 Å². The maximum atomic E-state index is 12.3. The molecule has 2 aliphatic heterocycles. The molecule has 0 N–H and O–H groups in total. The first kappa shape index (κ1) is 20.7. The summed E-state index contributed by atoms with van der Waals surface area (Å²) in [6, 6.07) is 3.54. The summed E-state index contributed by atoms with van der Waals surface area (Å²) in [5.41, 5.74) is 0.307. The van der Waals surface area contributed by atoms with Crippen LogP contribution in [0.3, 0.4) is 0 Å². The summed E-state index contributed by atoms with van der Waals surface area (Å²) >= 11 is 0. The molecule has 0 unspecified atom stereocenters. The van der Waals surface area contributed by atoms with Gasteiger partial charge in [0.15, 0.2) is 16.4 Å². The molecule has 1 aromatic rings. The minimum absolute atomic E-state index is 0.0276. The second-order valence-electron chi connectivity index (χ2n) is 6.91. The minimum Gasteiger partial charge on any atom is -0.452 e. The molecule has 0 aliphatic carbocycles. The van der Waals surface area contributed by atoms with E-state index in [4.69, 9.17) is 4.74 Å². The van der Waals surface area contributed by atoms with Gasteiger partial charge in [0, 0.05) is 19.6 Å². The number of imide groups is 1. The summed E-state index contributed by atoms with van der Waals surface area (Å²) in [5.74, 6) is -2.42. The van der Waals surface area contributed by atoms with Crippen LogP contribution >= 0.6 is 0 Å². The van der Waals surface area contributed by atoms with Gasteiger partial charge in [0.2, 0.25) is 0 Å². The number of fused-ring (bicyclic) bond motifs is 1. The largest absolute Gasteiger partial charge is 0.452 e. The molecule has 0 aromatic heterocycles. The van der Waals surface area contributed by atoms with E-state index >= 15 is 0 Å². The van der Waals surface area contributed by atoms with E-state index in [0.29, 0.717) is 6.42 Å². The van der Waals surface area contributed by atoms with Crippen LogP contribution in [0.15, 0.2) is 30.9 Å². The Morgan fingerprint density at radius 1 is 1.28 bits per heavy atom. The van der Waals surface area contributed by atoms with Crippen molar-refractivity contribution in [2.24, 2.45) is 0 Å². The van der Waals surface area contributed by atoms with E-state index in [1.807, 2.05) is 0 Å². The van der Waals surface area contributed by atoms with Crippen LogP contribution in [0.5, 0.6) is 0 Å². The molecule has 3 amide bonds. The topological polar surface area (TPSA) is 118 Å². The molecular formula is C19H20N2O7S. The van der Waals surface area contributed by atoms with Crippen molar-refractivity contribution in [2.45, 2.75) is 12.5 Å². The first-order chi connectivity index (χ1) is 13.6. The van der Waals surface area contributed by atoms with Gasteiger partial charge in [-0.15, -0.1) is 6.58 Å². The van der Waals surface area contributed by atoms with Gasteiger partial charge in [-0.25, -0.2) is 13.2 Å². The zero-order chi connectivity index (χ0) is 21.3. The lowest BCUT2D eigenvalue weighted by molar-refractivity contribution is -0.134. The van der Waals surface area contributed by atoms with Gasteiger partial charge in [0.25, 0.3) is 17.7 Å². The Balaban J connectivity index is 1.64. The Hall–Kier alpha value is -3.01. The minimum atomic E-state index is -3.14. The number of sulfone groups is 1. The predicted molar refractivity (Wildman–Crippen MR) is 102 cm³/mol. The lowest BCUT2D eigenvalue weighted by Crippen LogP contribution is -2.40. The van der Waals surface area contributed by atoms with Crippen LogP contribution in [-0.2, 0) is 19.4 Å².